The summed E-state index contributed by atoms with van der Waals surface area (Å²) in [5, 5.41) is 2.45. The van der Waals surface area contributed by atoms with Crippen LogP contribution in [0.5, 0.6) is 0 Å². The van der Waals surface area contributed by atoms with Gasteiger partial charge in [-0.1, -0.05) is 42.5 Å². The Morgan fingerprint density at radius 2 is 1.79 bits per heavy atom. The molecule has 4 rings (SSSR count). The topological polar surface area (TPSA) is 42.4 Å². The van der Waals surface area contributed by atoms with Gasteiger partial charge in [0.25, 0.3) is 5.91 Å². The second-order valence-corrected chi connectivity index (χ2v) is 6.02. The first-order chi connectivity index (χ1) is 11.8. The number of hydrogen-bond donors (Lipinski definition) is 0. The maximum atomic E-state index is 12.3. The third-order valence-corrected chi connectivity index (χ3v) is 4.42. The quantitative estimate of drug-likeness (QED) is 0.741. The lowest BCUT2D eigenvalue weighted by Gasteiger charge is -2.39. The van der Waals surface area contributed by atoms with Crippen molar-refractivity contribution in [3.63, 3.8) is 0 Å². The van der Waals surface area contributed by atoms with Crippen molar-refractivity contribution < 1.29 is 9.53 Å². The monoisotopic (exact) mass is 318 g/mol. The molecule has 0 bridgehead atoms. The Morgan fingerprint density at radius 3 is 2.62 bits per heavy atom. The number of carbonyl (C=O) groups excluding carboxylic acids is 1. The lowest BCUT2D eigenvalue weighted by molar-refractivity contribution is -0.0499. The second-order valence-electron chi connectivity index (χ2n) is 6.02. The van der Waals surface area contributed by atoms with Crippen molar-refractivity contribution in [2.45, 2.75) is 12.7 Å². The summed E-state index contributed by atoms with van der Waals surface area (Å²) in [5.41, 5.74) is 1.87. The summed E-state index contributed by atoms with van der Waals surface area (Å²) in [6.45, 7) is 1.86. The van der Waals surface area contributed by atoms with E-state index in [1.165, 1.54) is 16.3 Å². The average Bonchev–Trinajstić information content (AvgIpc) is 2.61. The molecule has 1 aromatic heterocycles. The van der Waals surface area contributed by atoms with E-state index >= 15 is 0 Å². The molecule has 120 valence electrons. The number of amides is 1. The molecule has 2 heterocycles. The summed E-state index contributed by atoms with van der Waals surface area (Å²) < 4.78 is 5.98. The fourth-order valence-corrected chi connectivity index (χ4v) is 3.01. The van der Waals surface area contributed by atoms with Crippen molar-refractivity contribution >= 4 is 16.7 Å². The van der Waals surface area contributed by atoms with Crippen LogP contribution in [0.1, 0.15) is 15.9 Å². The molecule has 3 aromatic rings. The van der Waals surface area contributed by atoms with Crippen molar-refractivity contribution in [1.29, 1.82) is 0 Å². The molecule has 0 aliphatic carbocycles. The highest BCUT2D eigenvalue weighted by Gasteiger charge is 2.31. The third kappa shape index (κ3) is 2.88. The van der Waals surface area contributed by atoms with Crippen LogP contribution in [0, 0.1) is 0 Å². The predicted octanol–water partition coefficient (Wildman–Crippen LogP) is 3.28. The van der Waals surface area contributed by atoms with E-state index in [9.17, 15) is 4.79 Å². The molecule has 1 amide bonds. The van der Waals surface area contributed by atoms with Gasteiger partial charge in [0.1, 0.15) is 0 Å². The Morgan fingerprint density at radius 1 is 1.04 bits per heavy atom. The Labute approximate surface area is 140 Å². The van der Waals surface area contributed by atoms with Crippen LogP contribution in [-0.4, -0.2) is 35.0 Å². The van der Waals surface area contributed by atoms with Gasteiger partial charge in [-0.15, -0.1) is 0 Å². The maximum Gasteiger partial charge on any atom is 0.254 e. The van der Waals surface area contributed by atoms with Gasteiger partial charge in [-0.05, 0) is 28.5 Å². The molecule has 0 radical (unpaired) electrons. The first kappa shape index (κ1) is 14.8. The van der Waals surface area contributed by atoms with Crippen LogP contribution in [0.3, 0.4) is 0 Å². The van der Waals surface area contributed by atoms with Crippen molar-refractivity contribution in [2.75, 3.05) is 13.1 Å². The van der Waals surface area contributed by atoms with E-state index in [2.05, 4.69) is 35.3 Å². The number of likely N-dealkylation sites (tertiary alicyclic amines) is 1. The van der Waals surface area contributed by atoms with E-state index in [1.54, 1.807) is 24.5 Å². The Hall–Kier alpha value is -2.72. The maximum absolute atomic E-state index is 12.3. The molecule has 1 aliphatic heterocycles. The summed E-state index contributed by atoms with van der Waals surface area (Å²) in [7, 11) is 0. The molecule has 1 aliphatic rings. The molecule has 0 saturated carbocycles. The highest BCUT2D eigenvalue weighted by molar-refractivity contribution is 5.94. The number of aromatic nitrogens is 1. The fraction of sp³-hybridized carbons (Fsp3) is 0.200. The minimum absolute atomic E-state index is 0.0439. The largest absolute Gasteiger partial charge is 0.370 e. The highest BCUT2D eigenvalue weighted by Crippen LogP contribution is 2.22. The Balaban J connectivity index is 1.35. The zero-order valence-electron chi connectivity index (χ0n) is 13.3. The fourth-order valence-electron chi connectivity index (χ4n) is 3.01. The zero-order valence-corrected chi connectivity index (χ0v) is 13.3. The van der Waals surface area contributed by atoms with E-state index in [0.29, 0.717) is 25.3 Å². The Kier molecular flexibility index (Phi) is 3.97. The summed E-state index contributed by atoms with van der Waals surface area (Å²) in [6.07, 6.45) is 3.39. The number of benzene rings is 2. The normalized spacial score (nSPS) is 14.6. The van der Waals surface area contributed by atoms with Crippen LogP contribution < -0.4 is 0 Å². The van der Waals surface area contributed by atoms with Crippen molar-refractivity contribution in [3.8, 4) is 0 Å². The number of hydrogen-bond acceptors (Lipinski definition) is 3. The summed E-state index contributed by atoms with van der Waals surface area (Å²) >= 11 is 0. The molecular formula is C20H18N2O2. The first-order valence-corrected chi connectivity index (χ1v) is 8.09. The van der Waals surface area contributed by atoms with Gasteiger partial charge in [0, 0.05) is 31.0 Å². The molecule has 2 aromatic carbocycles. The summed E-state index contributed by atoms with van der Waals surface area (Å²) in [4.78, 5) is 18.0. The van der Waals surface area contributed by atoms with E-state index in [0.717, 1.165) is 0 Å². The van der Waals surface area contributed by atoms with Crippen molar-refractivity contribution in [2.24, 2.45) is 0 Å². The number of fused-ring (bicyclic) bond motifs is 1. The molecule has 4 heteroatoms. The standard InChI is InChI=1S/C20H18N2O2/c23-20(16-8-10-21-11-9-16)22-12-18(13-22)24-14-17-6-3-5-15-4-1-2-7-19(15)17/h1-11,18H,12-14H2. The van der Waals surface area contributed by atoms with Crippen molar-refractivity contribution in [1.82, 2.24) is 9.88 Å². The molecule has 0 atom stereocenters. The number of pyridine rings is 1. The highest BCUT2D eigenvalue weighted by atomic mass is 16.5. The van der Waals surface area contributed by atoms with Gasteiger partial charge in [-0.25, -0.2) is 0 Å². The molecule has 1 fully saturated rings. The molecule has 1 saturated heterocycles. The number of rotatable bonds is 4. The lowest BCUT2D eigenvalue weighted by Crippen LogP contribution is -2.54. The van der Waals surface area contributed by atoms with Gasteiger partial charge in [0.2, 0.25) is 0 Å². The molecule has 4 nitrogen and oxygen atoms in total. The molecule has 0 spiro atoms. The minimum Gasteiger partial charge on any atom is -0.370 e. The van der Waals surface area contributed by atoms with Crippen LogP contribution in [0.15, 0.2) is 67.0 Å². The zero-order chi connectivity index (χ0) is 16.4. The molecule has 0 N–H and O–H groups in total. The number of carbonyl (C=O) groups is 1. The van der Waals surface area contributed by atoms with Crippen LogP contribution in [-0.2, 0) is 11.3 Å². The van der Waals surface area contributed by atoms with E-state index < -0.39 is 0 Å². The second kappa shape index (κ2) is 6.42. The van der Waals surface area contributed by atoms with E-state index in [-0.39, 0.29) is 12.0 Å². The van der Waals surface area contributed by atoms with Gasteiger partial charge in [0.05, 0.1) is 12.7 Å². The number of ether oxygens (including phenoxy) is 1. The number of nitrogens with zero attached hydrogens (tertiary/aromatic N) is 2. The van der Waals surface area contributed by atoms with Gasteiger partial charge >= 0.3 is 0 Å². The van der Waals surface area contributed by atoms with Crippen molar-refractivity contribution in [3.05, 3.63) is 78.1 Å². The lowest BCUT2D eigenvalue weighted by atomic mass is 10.0. The Bertz CT molecular complexity index is 852. The van der Waals surface area contributed by atoms with Crippen LogP contribution >= 0.6 is 0 Å². The van der Waals surface area contributed by atoms with Gasteiger partial charge in [-0.3, -0.25) is 9.78 Å². The van der Waals surface area contributed by atoms with E-state index in [1.807, 2.05) is 17.0 Å². The van der Waals surface area contributed by atoms with Gasteiger partial charge < -0.3 is 9.64 Å². The van der Waals surface area contributed by atoms with Crippen LogP contribution in [0.25, 0.3) is 10.8 Å². The minimum atomic E-state index is 0.0439. The summed E-state index contributed by atoms with van der Waals surface area (Å²) in [5.74, 6) is 0.0439. The first-order valence-electron chi connectivity index (χ1n) is 8.09. The average molecular weight is 318 g/mol. The van der Waals surface area contributed by atoms with Gasteiger partial charge in [-0.2, -0.15) is 0 Å². The molecular weight excluding hydrogens is 300 g/mol. The predicted molar refractivity (Wildman–Crippen MR) is 92.7 cm³/mol. The van der Waals surface area contributed by atoms with Crippen LogP contribution in [0.2, 0.25) is 0 Å². The smallest absolute Gasteiger partial charge is 0.254 e. The molecule has 24 heavy (non-hydrogen) atoms. The van der Waals surface area contributed by atoms with E-state index in [4.69, 9.17) is 4.74 Å². The van der Waals surface area contributed by atoms with Gasteiger partial charge in [0.15, 0.2) is 0 Å². The molecule has 0 unspecified atom stereocenters. The SMILES string of the molecule is O=C(c1ccncc1)N1CC(OCc2cccc3ccccc23)C1. The third-order valence-electron chi connectivity index (χ3n) is 4.42. The van der Waals surface area contributed by atoms with Crippen LogP contribution in [0.4, 0.5) is 0 Å². The summed E-state index contributed by atoms with van der Waals surface area (Å²) in [6, 6.07) is 18.1.